The maximum Gasteiger partial charge on any atom is 0.320 e. The molecule has 0 aromatic heterocycles. The molecule has 3 aliphatic rings. The molecule has 112 valence electrons. The van der Waals surface area contributed by atoms with Crippen molar-refractivity contribution < 1.29 is 14.7 Å². The van der Waals surface area contributed by atoms with Gasteiger partial charge in [0, 0.05) is 38.8 Å². The minimum Gasteiger partial charge on any atom is -0.481 e. The van der Waals surface area contributed by atoms with Crippen LogP contribution in [0.3, 0.4) is 0 Å². The molecule has 3 rings (SSSR count). The lowest BCUT2D eigenvalue weighted by molar-refractivity contribution is -0.142. The summed E-state index contributed by atoms with van der Waals surface area (Å²) in [5, 5.41) is 9.16. The first-order valence-electron chi connectivity index (χ1n) is 7.57. The van der Waals surface area contributed by atoms with E-state index in [9.17, 15) is 9.59 Å². The first kappa shape index (κ1) is 13.7. The second-order valence-electron chi connectivity index (χ2n) is 6.39. The van der Waals surface area contributed by atoms with Crippen molar-refractivity contribution >= 4 is 12.0 Å². The van der Waals surface area contributed by atoms with Crippen molar-refractivity contribution in [3.05, 3.63) is 0 Å². The quantitative estimate of drug-likeness (QED) is 0.762. The van der Waals surface area contributed by atoms with E-state index < -0.39 is 11.9 Å². The van der Waals surface area contributed by atoms with Gasteiger partial charge in [0.05, 0.1) is 5.92 Å². The van der Waals surface area contributed by atoms with Crippen molar-refractivity contribution in [2.45, 2.75) is 25.8 Å². The van der Waals surface area contributed by atoms with Gasteiger partial charge in [0.25, 0.3) is 0 Å². The van der Waals surface area contributed by atoms with Crippen LogP contribution in [-0.2, 0) is 4.79 Å². The Bertz CT molecular complexity index is 414. The summed E-state index contributed by atoms with van der Waals surface area (Å²) in [6, 6.07) is 0.551. The summed E-state index contributed by atoms with van der Waals surface area (Å²) < 4.78 is 0. The van der Waals surface area contributed by atoms with Crippen molar-refractivity contribution in [1.82, 2.24) is 14.7 Å². The average Bonchev–Trinajstić information content (AvgIpc) is 3.02. The number of rotatable bonds is 1. The van der Waals surface area contributed by atoms with Crippen molar-refractivity contribution in [2.75, 3.05) is 39.3 Å². The standard InChI is InChI=1S/C14H23N3O3/c1-10-7-17(9-12(10)13(18)19)14(20)16-6-5-15-4-2-3-11(15)8-16/h10-12H,2-9H2,1H3,(H,18,19). The molecule has 0 spiro atoms. The third-order valence-electron chi connectivity index (χ3n) is 5.06. The number of carboxylic acids is 1. The van der Waals surface area contributed by atoms with Gasteiger partial charge in [0.2, 0.25) is 0 Å². The van der Waals surface area contributed by atoms with E-state index in [1.165, 1.54) is 12.8 Å². The second kappa shape index (κ2) is 5.24. The molecule has 2 amide bonds. The molecule has 0 aromatic carbocycles. The number of piperazine rings is 1. The lowest BCUT2D eigenvalue weighted by Gasteiger charge is -2.39. The molecule has 0 aliphatic carbocycles. The maximum absolute atomic E-state index is 12.5. The van der Waals surface area contributed by atoms with E-state index in [4.69, 9.17) is 5.11 Å². The predicted molar refractivity (Wildman–Crippen MR) is 73.4 cm³/mol. The number of amides is 2. The van der Waals surface area contributed by atoms with E-state index in [1.807, 2.05) is 11.8 Å². The minimum absolute atomic E-state index is 0.0344. The summed E-state index contributed by atoms with van der Waals surface area (Å²) in [6.45, 7) is 6.55. The Balaban J connectivity index is 1.61. The van der Waals surface area contributed by atoms with Crippen molar-refractivity contribution in [3.63, 3.8) is 0 Å². The highest BCUT2D eigenvalue weighted by atomic mass is 16.4. The molecular weight excluding hydrogens is 258 g/mol. The number of nitrogens with zero attached hydrogens (tertiary/aromatic N) is 3. The van der Waals surface area contributed by atoms with Gasteiger partial charge in [-0.05, 0) is 25.3 Å². The Hall–Kier alpha value is -1.30. The Kier molecular flexibility index (Phi) is 3.58. The third kappa shape index (κ3) is 2.37. The van der Waals surface area contributed by atoms with E-state index in [0.717, 1.165) is 26.2 Å². The number of hydrogen-bond acceptors (Lipinski definition) is 3. The summed E-state index contributed by atoms with van der Waals surface area (Å²) in [6.07, 6.45) is 2.41. The van der Waals surface area contributed by atoms with Crippen LogP contribution in [0.2, 0.25) is 0 Å². The van der Waals surface area contributed by atoms with Gasteiger partial charge >= 0.3 is 12.0 Å². The summed E-state index contributed by atoms with van der Waals surface area (Å²) >= 11 is 0. The minimum atomic E-state index is -0.784. The molecule has 0 saturated carbocycles. The van der Waals surface area contributed by atoms with Crippen molar-refractivity contribution in [1.29, 1.82) is 0 Å². The van der Waals surface area contributed by atoms with Gasteiger partial charge < -0.3 is 14.9 Å². The molecule has 1 N–H and O–H groups in total. The maximum atomic E-state index is 12.5. The van der Waals surface area contributed by atoms with Crippen LogP contribution in [0.4, 0.5) is 4.79 Å². The van der Waals surface area contributed by atoms with Gasteiger partial charge in [-0.3, -0.25) is 9.69 Å². The molecule has 6 heteroatoms. The highest BCUT2D eigenvalue weighted by molar-refractivity contribution is 5.78. The van der Waals surface area contributed by atoms with Crippen LogP contribution in [-0.4, -0.2) is 77.1 Å². The van der Waals surface area contributed by atoms with Crippen LogP contribution in [0, 0.1) is 11.8 Å². The molecule has 3 aliphatic heterocycles. The molecule has 3 unspecified atom stereocenters. The summed E-state index contributed by atoms with van der Waals surface area (Å²) in [5.74, 6) is -1.15. The van der Waals surface area contributed by atoms with Gasteiger partial charge in [-0.2, -0.15) is 0 Å². The first-order chi connectivity index (χ1) is 9.56. The molecular formula is C14H23N3O3. The van der Waals surface area contributed by atoms with Crippen LogP contribution in [0.25, 0.3) is 0 Å². The zero-order chi connectivity index (χ0) is 14.3. The SMILES string of the molecule is CC1CN(C(=O)N2CCN3CCCC3C2)CC1C(=O)O. The zero-order valence-electron chi connectivity index (χ0n) is 12.0. The van der Waals surface area contributed by atoms with E-state index in [1.54, 1.807) is 4.90 Å². The van der Waals surface area contributed by atoms with Crippen molar-refractivity contribution in [3.8, 4) is 0 Å². The molecule has 3 fully saturated rings. The zero-order valence-corrected chi connectivity index (χ0v) is 12.0. The number of aliphatic carboxylic acids is 1. The number of fused-ring (bicyclic) bond motifs is 1. The van der Waals surface area contributed by atoms with Crippen LogP contribution in [0.5, 0.6) is 0 Å². The Labute approximate surface area is 119 Å². The van der Waals surface area contributed by atoms with Gasteiger partial charge in [-0.15, -0.1) is 0 Å². The van der Waals surface area contributed by atoms with Gasteiger partial charge in [-0.1, -0.05) is 6.92 Å². The monoisotopic (exact) mass is 281 g/mol. The Morgan fingerprint density at radius 3 is 2.55 bits per heavy atom. The van der Waals surface area contributed by atoms with Gasteiger partial charge in [-0.25, -0.2) is 4.79 Å². The molecule has 0 aromatic rings. The fourth-order valence-electron chi connectivity index (χ4n) is 3.81. The lowest BCUT2D eigenvalue weighted by atomic mass is 9.99. The molecule has 20 heavy (non-hydrogen) atoms. The predicted octanol–water partition coefficient (Wildman–Crippen LogP) is 0.539. The summed E-state index contributed by atoms with van der Waals surface area (Å²) in [7, 11) is 0. The topological polar surface area (TPSA) is 64.1 Å². The number of urea groups is 1. The number of likely N-dealkylation sites (tertiary alicyclic amines) is 1. The summed E-state index contributed by atoms with van der Waals surface area (Å²) in [5.41, 5.74) is 0. The molecule has 0 bridgehead atoms. The molecule has 3 atom stereocenters. The van der Waals surface area contributed by atoms with Crippen LogP contribution >= 0.6 is 0 Å². The van der Waals surface area contributed by atoms with Gasteiger partial charge in [0.15, 0.2) is 0 Å². The summed E-state index contributed by atoms with van der Waals surface area (Å²) in [4.78, 5) is 29.8. The molecule has 6 nitrogen and oxygen atoms in total. The van der Waals surface area contributed by atoms with Gasteiger partial charge in [0.1, 0.15) is 0 Å². The number of carbonyl (C=O) groups excluding carboxylic acids is 1. The van der Waals surface area contributed by atoms with Crippen LogP contribution in [0.1, 0.15) is 19.8 Å². The number of carbonyl (C=O) groups is 2. The smallest absolute Gasteiger partial charge is 0.320 e. The fraction of sp³-hybridized carbons (Fsp3) is 0.857. The molecule has 3 saturated heterocycles. The Morgan fingerprint density at radius 1 is 1.05 bits per heavy atom. The highest BCUT2D eigenvalue weighted by Crippen LogP contribution is 2.26. The van der Waals surface area contributed by atoms with E-state index in [0.29, 0.717) is 19.1 Å². The first-order valence-corrected chi connectivity index (χ1v) is 7.57. The van der Waals surface area contributed by atoms with Crippen LogP contribution < -0.4 is 0 Å². The highest BCUT2D eigenvalue weighted by Gasteiger charge is 2.40. The molecule has 0 radical (unpaired) electrons. The Morgan fingerprint density at radius 2 is 1.85 bits per heavy atom. The lowest BCUT2D eigenvalue weighted by Crippen LogP contribution is -2.55. The largest absolute Gasteiger partial charge is 0.481 e. The van der Waals surface area contributed by atoms with Crippen LogP contribution in [0.15, 0.2) is 0 Å². The molecule has 3 heterocycles. The number of hydrogen-bond donors (Lipinski definition) is 1. The number of carboxylic acid groups (broad SMARTS) is 1. The normalized spacial score (nSPS) is 34.4. The van der Waals surface area contributed by atoms with E-state index in [2.05, 4.69) is 4.90 Å². The fourth-order valence-corrected chi connectivity index (χ4v) is 3.81. The van der Waals surface area contributed by atoms with E-state index in [-0.39, 0.29) is 11.9 Å². The average molecular weight is 281 g/mol. The van der Waals surface area contributed by atoms with Crippen molar-refractivity contribution in [2.24, 2.45) is 11.8 Å². The second-order valence-corrected chi connectivity index (χ2v) is 6.39. The third-order valence-corrected chi connectivity index (χ3v) is 5.06. The van der Waals surface area contributed by atoms with E-state index >= 15 is 0 Å².